The van der Waals surface area contributed by atoms with E-state index < -0.39 is 17.7 Å². The Hall–Kier alpha value is -1.43. The third kappa shape index (κ3) is 3.80. The van der Waals surface area contributed by atoms with Gasteiger partial charge in [-0.25, -0.2) is 4.79 Å². The number of thioether (sulfide) groups is 1. The van der Waals surface area contributed by atoms with Crippen molar-refractivity contribution in [3.8, 4) is 0 Å². The Morgan fingerprint density at radius 1 is 1.44 bits per heavy atom. The van der Waals surface area contributed by atoms with E-state index in [4.69, 9.17) is 5.11 Å². The normalized spacial score (nSPS) is 12.0. The molecule has 6 heteroatoms. The Morgan fingerprint density at radius 3 is 2.61 bits per heavy atom. The fourth-order valence-corrected chi connectivity index (χ4v) is 2.17. The predicted molar refractivity (Wildman–Crippen MR) is 63.9 cm³/mol. The van der Waals surface area contributed by atoms with E-state index in [9.17, 15) is 18.0 Å². The van der Waals surface area contributed by atoms with Gasteiger partial charge in [0.15, 0.2) is 0 Å². The molecule has 0 saturated carbocycles. The van der Waals surface area contributed by atoms with Gasteiger partial charge in [0.25, 0.3) is 0 Å². The summed E-state index contributed by atoms with van der Waals surface area (Å²) in [5, 5.41) is 8.91. The highest BCUT2D eigenvalue weighted by atomic mass is 32.2. The van der Waals surface area contributed by atoms with Gasteiger partial charge >= 0.3 is 12.1 Å². The first-order chi connectivity index (χ1) is 8.36. The summed E-state index contributed by atoms with van der Waals surface area (Å²) in [4.78, 5) is 11.3. The number of carboxylic acid groups (broad SMARTS) is 1. The fourth-order valence-electron chi connectivity index (χ4n) is 1.23. The van der Waals surface area contributed by atoms with Crippen LogP contribution in [-0.2, 0) is 6.18 Å². The lowest BCUT2D eigenvalue weighted by Gasteiger charge is -2.10. The summed E-state index contributed by atoms with van der Waals surface area (Å²) >= 11 is 1.18. The lowest BCUT2D eigenvalue weighted by molar-refractivity contribution is -0.137. The van der Waals surface area contributed by atoms with Crippen molar-refractivity contribution in [1.29, 1.82) is 0 Å². The van der Waals surface area contributed by atoms with Crippen LogP contribution in [-0.4, -0.2) is 16.8 Å². The number of carboxylic acids is 1. The molecular weight excluding hydrogens is 265 g/mol. The molecule has 0 unspecified atom stereocenters. The number of halogens is 3. The Kier molecular flexibility index (Phi) is 4.84. The summed E-state index contributed by atoms with van der Waals surface area (Å²) in [6, 6.07) is 2.76. The monoisotopic (exact) mass is 276 g/mol. The highest BCUT2D eigenvalue weighted by Crippen LogP contribution is 2.33. The minimum Gasteiger partial charge on any atom is -0.478 e. The second-order valence-electron chi connectivity index (χ2n) is 3.39. The van der Waals surface area contributed by atoms with Crippen LogP contribution in [0, 0.1) is 0 Å². The first-order valence-corrected chi connectivity index (χ1v) is 6.03. The highest BCUT2D eigenvalue weighted by molar-refractivity contribution is 7.99. The van der Waals surface area contributed by atoms with E-state index in [-0.39, 0.29) is 5.56 Å². The smallest absolute Gasteiger partial charge is 0.416 e. The molecule has 0 atom stereocenters. The van der Waals surface area contributed by atoms with Gasteiger partial charge in [-0.05, 0) is 25.1 Å². The van der Waals surface area contributed by atoms with Gasteiger partial charge in [0.05, 0.1) is 11.1 Å². The predicted octanol–water partition coefficient (Wildman–Crippen LogP) is 4.07. The molecule has 0 aliphatic carbocycles. The van der Waals surface area contributed by atoms with Gasteiger partial charge in [-0.1, -0.05) is 12.2 Å². The molecule has 1 aromatic carbocycles. The lowest BCUT2D eigenvalue weighted by atomic mass is 10.1. The number of rotatable bonds is 4. The second kappa shape index (κ2) is 5.95. The number of alkyl halides is 3. The van der Waals surface area contributed by atoms with Crippen molar-refractivity contribution in [2.75, 3.05) is 5.75 Å². The molecule has 0 bridgehead atoms. The molecule has 0 heterocycles. The van der Waals surface area contributed by atoms with Crippen molar-refractivity contribution in [2.45, 2.75) is 18.0 Å². The van der Waals surface area contributed by atoms with Crippen molar-refractivity contribution in [2.24, 2.45) is 0 Å². The van der Waals surface area contributed by atoms with Crippen molar-refractivity contribution in [3.63, 3.8) is 0 Å². The van der Waals surface area contributed by atoms with Crippen molar-refractivity contribution in [3.05, 3.63) is 41.5 Å². The molecule has 0 aliphatic heterocycles. The number of allylic oxidation sites excluding steroid dienone is 1. The van der Waals surface area contributed by atoms with E-state index >= 15 is 0 Å². The summed E-state index contributed by atoms with van der Waals surface area (Å²) in [7, 11) is 0. The first kappa shape index (κ1) is 14.6. The zero-order valence-electron chi connectivity index (χ0n) is 9.49. The van der Waals surface area contributed by atoms with Gasteiger partial charge in [0, 0.05) is 10.6 Å². The van der Waals surface area contributed by atoms with E-state index in [0.29, 0.717) is 16.7 Å². The van der Waals surface area contributed by atoms with Crippen LogP contribution in [0.3, 0.4) is 0 Å². The molecule has 1 N–H and O–H groups in total. The summed E-state index contributed by atoms with van der Waals surface area (Å²) in [6.45, 7) is 1.81. The number of benzene rings is 1. The quantitative estimate of drug-likeness (QED) is 0.665. The van der Waals surface area contributed by atoms with Crippen LogP contribution >= 0.6 is 11.8 Å². The SMILES string of the molecule is C/C=C/CSc1ccc(C(F)(F)F)cc1C(=O)O. The second-order valence-corrected chi connectivity index (χ2v) is 4.46. The summed E-state index contributed by atoms with van der Waals surface area (Å²) in [5.74, 6) is -0.841. The van der Waals surface area contributed by atoms with Gasteiger partial charge in [-0.15, -0.1) is 11.8 Å². The molecule has 0 aliphatic rings. The molecular formula is C12H11F3O2S. The molecule has 0 radical (unpaired) electrons. The maximum atomic E-state index is 12.5. The largest absolute Gasteiger partial charge is 0.478 e. The van der Waals surface area contributed by atoms with Gasteiger partial charge in [-0.3, -0.25) is 0 Å². The summed E-state index contributed by atoms with van der Waals surface area (Å²) in [6.07, 6.45) is -0.942. The number of hydrogen-bond acceptors (Lipinski definition) is 2. The van der Waals surface area contributed by atoms with Crippen LogP contribution in [0.2, 0.25) is 0 Å². The topological polar surface area (TPSA) is 37.3 Å². The van der Waals surface area contributed by atoms with Crippen molar-refractivity contribution in [1.82, 2.24) is 0 Å². The molecule has 0 spiro atoms. The fraction of sp³-hybridized carbons (Fsp3) is 0.250. The van der Waals surface area contributed by atoms with E-state index in [1.165, 1.54) is 17.8 Å². The third-order valence-electron chi connectivity index (χ3n) is 2.11. The zero-order valence-corrected chi connectivity index (χ0v) is 10.3. The summed E-state index contributed by atoms with van der Waals surface area (Å²) < 4.78 is 37.4. The number of hydrogen-bond donors (Lipinski definition) is 1. The van der Waals surface area contributed by atoms with Crippen molar-refractivity contribution >= 4 is 17.7 Å². The summed E-state index contributed by atoms with van der Waals surface area (Å²) in [5.41, 5.74) is -1.27. The van der Waals surface area contributed by atoms with Crippen LogP contribution in [0.4, 0.5) is 13.2 Å². The Morgan fingerprint density at radius 2 is 2.11 bits per heavy atom. The Balaban J connectivity index is 3.09. The van der Waals surface area contributed by atoms with Crippen LogP contribution < -0.4 is 0 Å². The van der Waals surface area contributed by atoms with E-state index in [0.717, 1.165) is 6.07 Å². The van der Waals surface area contributed by atoms with Gasteiger partial charge in [0.1, 0.15) is 0 Å². The van der Waals surface area contributed by atoms with E-state index in [1.807, 2.05) is 6.92 Å². The molecule has 18 heavy (non-hydrogen) atoms. The number of aromatic carboxylic acids is 1. The van der Waals surface area contributed by atoms with Crippen LogP contribution in [0.5, 0.6) is 0 Å². The molecule has 98 valence electrons. The average molecular weight is 276 g/mol. The van der Waals surface area contributed by atoms with Gasteiger partial charge < -0.3 is 5.11 Å². The highest BCUT2D eigenvalue weighted by Gasteiger charge is 2.31. The minimum atomic E-state index is -4.53. The maximum Gasteiger partial charge on any atom is 0.416 e. The van der Waals surface area contributed by atoms with Crippen LogP contribution in [0.15, 0.2) is 35.2 Å². The Bertz CT molecular complexity index is 467. The average Bonchev–Trinajstić information content (AvgIpc) is 2.28. The van der Waals surface area contributed by atoms with Crippen LogP contribution in [0.25, 0.3) is 0 Å². The Labute approximate surface area is 107 Å². The van der Waals surface area contributed by atoms with Gasteiger partial charge in [-0.2, -0.15) is 13.2 Å². The molecule has 1 aromatic rings. The van der Waals surface area contributed by atoms with Crippen molar-refractivity contribution < 1.29 is 23.1 Å². The molecule has 0 aromatic heterocycles. The van der Waals surface area contributed by atoms with Gasteiger partial charge in [0.2, 0.25) is 0 Å². The van der Waals surface area contributed by atoms with Crippen LogP contribution in [0.1, 0.15) is 22.8 Å². The molecule has 0 saturated heterocycles. The van der Waals surface area contributed by atoms with E-state index in [1.54, 1.807) is 12.2 Å². The molecule has 0 fully saturated rings. The molecule has 2 nitrogen and oxygen atoms in total. The number of carbonyl (C=O) groups is 1. The minimum absolute atomic E-state index is 0.320. The zero-order chi connectivity index (χ0) is 13.8. The van der Waals surface area contributed by atoms with E-state index in [2.05, 4.69) is 0 Å². The molecule has 1 rings (SSSR count). The first-order valence-electron chi connectivity index (χ1n) is 5.04. The third-order valence-corrected chi connectivity index (χ3v) is 3.13. The lowest BCUT2D eigenvalue weighted by Crippen LogP contribution is -2.08. The molecule has 0 amide bonds. The standard InChI is InChI=1S/C12H11F3O2S/c1-2-3-6-18-10-5-4-8(12(13,14)15)7-9(10)11(16)17/h2-5,7H,6H2,1H3,(H,16,17)/b3-2+. The maximum absolute atomic E-state index is 12.5.